The van der Waals surface area contributed by atoms with E-state index in [2.05, 4.69) is 11.0 Å². The third kappa shape index (κ3) is 2.71. The average Bonchev–Trinajstić information content (AvgIpc) is 2.16. The predicted octanol–water partition coefficient (Wildman–Crippen LogP) is -2.02. The summed E-state index contributed by atoms with van der Waals surface area (Å²) in [6, 6.07) is 0. The van der Waals surface area contributed by atoms with Crippen molar-refractivity contribution in [3.05, 3.63) is 20.8 Å². The summed E-state index contributed by atoms with van der Waals surface area (Å²) >= 11 is 0. The molecule has 1 rings (SSSR count). The van der Waals surface area contributed by atoms with Crippen molar-refractivity contribution in [3.8, 4) is 12.3 Å². The van der Waals surface area contributed by atoms with Gasteiger partial charge in [0.15, 0.2) is 0 Å². The summed E-state index contributed by atoms with van der Waals surface area (Å²) in [6.07, 6.45) is 5.03. The molecule has 1 heterocycles. The van der Waals surface area contributed by atoms with Crippen LogP contribution in [0.4, 0.5) is 5.82 Å². The standard InChI is InChI=1S/C8H8N4O4/c1-2-3-12(4-5(13)14)6-7(15)9-8(16)11-10-6/h1H,3-4H2,(H,13,14)(H2,9,11,15,16). The molecule has 0 saturated heterocycles. The molecule has 16 heavy (non-hydrogen) atoms. The highest BCUT2D eigenvalue weighted by atomic mass is 16.4. The van der Waals surface area contributed by atoms with Crippen LogP contribution in [0.2, 0.25) is 0 Å². The van der Waals surface area contributed by atoms with Crippen molar-refractivity contribution in [1.82, 2.24) is 15.2 Å². The minimum absolute atomic E-state index is 0.103. The van der Waals surface area contributed by atoms with Crippen molar-refractivity contribution >= 4 is 11.8 Å². The van der Waals surface area contributed by atoms with Crippen LogP contribution in [-0.4, -0.2) is 39.3 Å². The van der Waals surface area contributed by atoms with E-state index in [1.807, 2.05) is 10.1 Å². The Morgan fingerprint density at radius 2 is 2.25 bits per heavy atom. The number of hydrogen-bond donors (Lipinski definition) is 3. The van der Waals surface area contributed by atoms with Crippen LogP contribution >= 0.6 is 0 Å². The minimum atomic E-state index is -1.16. The third-order valence-electron chi connectivity index (χ3n) is 1.60. The van der Waals surface area contributed by atoms with Crippen LogP contribution in [0.15, 0.2) is 9.59 Å². The van der Waals surface area contributed by atoms with Crippen LogP contribution in [-0.2, 0) is 4.79 Å². The zero-order valence-corrected chi connectivity index (χ0v) is 8.06. The van der Waals surface area contributed by atoms with E-state index in [0.29, 0.717) is 0 Å². The number of carboxylic acid groups (broad SMARTS) is 1. The van der Waals surface area contributed by atoms with E-state index in [-0.39, 0.29) is 12.4 Å². The predicted molar refractivity (Wildman–Crippen MR) is 54.2 cm³/mol. The Balaban J connectivity index is 3.11. The quantitative estimate of drug-likeness (QED) is 0.508. The van der Waals surface area contributed by atoms with E-state index >= 15 is 0 Å². The van der Waals surface area contributed by atoms with Gasteiger partial charge in [0.2, 0.25) is 5.82 Å². The van der Waals surface area contributed by atoms with Crippen LogP contribution in [0.5, 0.6) is 0 Å². The molecule has 0 bridgehead atoms. The highest BCUT2D eigenvalue weighted by molar-refractivity contribution is 5.73. The number of terminal acetylenes is 1. The van der Waals surface area contributed by atoms with Crippen molar-refractivity contribution in [2.75, 3.05) is 18.0 Å². The van der Waals surface area contributed by atoms with Crippen molar-refractivity contribution in [2.24, 2.45) is 0 Å². The monoisotopic (exact) mass is 224 g/mol. The molecular weight excluding hydrogens is 216 g/mol. The Labute approximate surface area is 88.9 Å². The van der Waals surface area contributed by atoms with Gasteiger partial charge in [-0.1, -0.05) is 5.92 Å². The second-order valence-corrected chi connectivity index (χ2v) is 2.78. The smallest absolute Gasteiger partial charge is 0.342 e. The van der Waals surface area contributed by atoms with Gasteiger partial charge in [-0.05, 0) is 0 Å². The Hall–Kier alpha value is -2.56. The molecule has 3 N–H and O–H groups in total. The van der Waals surface area contributed by atoms with Gasteiger partial charge in [-0.2, -0.15) is 0 Å². The first-order chi connectivity index (χ1) is 7.54. The molecule has 0 spiro atoms. The molecule has 0 fully saturated rings. The summed E-state index contributed by atoms with van der Waals surface area (Å²) in [5, 5.41) is 14.0. The molecule has 0 aliphatic heterocycles. The fraction of sp³-hybridized carbons (Fsp3) is 0.250. The number of H-pyrrole nitrogens is 2. The third-order valence-corrected chi connectivity index (χ3v) is 1.60. The molecule has 0 aliphatic rings. The molecule has 0 aliphatic carbocycles. The zero-order valence-electron chi connectivity index (χ0n) is 8.06. The van der Waals surface area contributed by atoms with E-state index in [4.69, 9.17) is 11.5 Å². The van der Waals surface area contributed by atoms with Crippen molar-refractivity contribution < 1.29 is 9.90 Å². The summed E-state index contributed by atoms with van der Waals surface area (Å²) in [4.78, 5) is 35.5. The van der Waals surface area contributed by atoms with E-state index in [1.54, 1.807) is 0 Å². The number of anilines is 1. The molecule has 0 radical (unpaired) electrons. The van der Waals surface area contributed by atoms with E-state index in [9.17, 15) is 14.4 Å². The summed E-state index contributed by atoms with van der Waals surface area (Å²) in [6.45, 7) is -0.583. The Morgan fingerprint density at radius 3 is 2.75 bits per heavy atom. The molecule has 1 aromatic heterocycles. The average molecular weight is 224 g/mol. The summed E-state index contributed by atoms with van der Waals surface area (Å²) in [5.74, 6) is 0.791. The second-order valence-electron chi connectivity index (χ2n) is 2.78. The maximum absolute atomic E-state index is 11.3. The minimum Gasteiger partial charge on any atom is -0.480 e. The fourth-order valence-electron chi connectivity index (χ4n) is 1.03. The molecule has 0 unspecified atom stereocenters. The van der Waals surface area contributed by atoms with Gasteiger partial charge in [0.05, 0.1) is 6.54 Å². The number of rotatable bonds is 4. The highest BCUT2D eigenvalue weighted by Crippen LogP contribution is 1.98. The number of carboxylic acids is 1. The molecule has 0 amide bonds. The molecule has 0 saturated carbocycles. The Kier molecular flexibility index (Phi) is 3.45. The first-order valence-corrected chi connectivity index (χ1v) is 4.14. The topological polar surface area (TPSA) is 119 Å². The van der Waals surface area contributed by atoms with Gasteiger partial charge in [0, 0.05) is 0 Å². The first kappa shape index (κ1) is 11.5. The van der Waals surface area contributed by atoms with Crippen LogP contribution in [0.25, 0.3) is 0 Å². The van der Waals surface area contributed by atoms with E-state index in [1.165, 1.54) is 0 Å². The number of aromatic nitrogens is 3. The van der Waals surface area contributed by atoms with Crippen LogP contribution in [0, 0.1) is 12.3 Å². The number of aliphatic carboxylic acids is 1. The van der Waals surface area contributed by atoms with Gasteiger partial charge in [-0.25, -0.2) is 9.89 Å². The molecule has 1 aromatic rings. The molecule has 0 atom stereocenters. The lowest BCUT2D eigenvalue weighted by molar-refractivity contribution is -0.135. The molecule has 8 nitrogen and oxygen atoms in total. The maximum atomic E-state index is 11.3. The Bertz CT molecular complexity index is 538. The maximum Gasteiger partial charge on any atom is 0.342 e. The van der Waals surface area contributed by atoms with E-state index < -0.39 is 23.8 Å². The highest BCUT2D eigenvalue weighted by Gasteiger charge is 2.14. The molecular formula is C8H8N4O4. The lowest BCUT2D eigenvalue weighted by Gasteiger charge is -2.16. The zero-order chi connectivity index (χ0) is 12.1. The Morgan fingerprint density at radius 1 is 1.56 bits per heavy atom. The SMILES string of the molecule is C#CCN(CC(=O)O)c1n[nH]c(=O)[nH]c1=O. The molecule has 0 aromatic carbocycles. The van der Waals surface area contributed by atoms with Crippen LogP contribution in [0.1, 0.15) is 0 Å². The molecule has 8 heteroatoms. The number of hydrogen-bond acceptors (Lipinski definition) is 5. The van der Waals surface area contributed by atoms with Crippen LogP contribution < -0.4 is 16.1 Å². The van der Waals surface area contributed by atoms with Crippen molar-refractivity contribution in [2.45, 2.75) is 0 Å². The lowest BCUT2D eigenvalue weighted by Crippen LogP contribution is -2.38. The van der Waals surface area contributed by atoms with Gasteiger partial charge in [-0.15, -0.1) is 11.5 Å². The summed E-state index contributed by atoms with van der Waals surface area (Å²) in [7, 11) is 0. The van der Waals surface area contributed by atoms with Gasteiger partial charge < -0.3 is 10.0 Å². The van der Waals surface area contributed by atoms with Crippen molar-refractivity contribution in [3.63, 3.8) is 0 Å². The van der Waals surface area contributed by atoms with Gasteiger partial charge in [0.1, 0.15) is 6.54 Å². The summed E-state index contributed by atoms with van der Waals surface area (Å²) < 4.78 is 0. The number of carbonyl (C=O) groups is 1. The number of nitrogens with zero attached hydrogens (tertiary/aromatic N) is 2. The number of nitrogens with one attached hydrogen (secondary N) is 2. The van der Waals surface area contributed by atoms with Gasteiger partial charge >= 0.3 is 11.7 Å². The van der Waals surface area contributed by atoms with Gasteiger partial charge in [-0.3, -0.25) is 14.6 Å². The largest absolute Gasteiger partial charge is 0.480 e. The molecule has 84 valence electrons. The fourth-order valence-corrected chi connectivity index (χ4v) is 1.03. The van der Waals surface area contributed by atoms with Crippen molar-refractivity contribution in [1.29, 1.82) is 0 Å². The first-order valence-electron chi connectivity index (χ1n) is 4.14. The van der Waals surface area contributed by atoms with Crippen LogP contribution in [0.3, 0.4) is 0 Å². The second kappa shape index (κ2) is 4.79. The van der Waals surface area contributed by atoms with E-state index in [0.717, 1.165) is 4.90 Å². The number of aromatic amines is 2. The summed E-state index contributed by atoms with van der Waals surface area (Å²) in [5.41, 5.74) is -1.56. The lowest BCUT2D eigenvalue weighted by atomic mass is 10.4. The van der Waals surface area contributed by atoms with Gasteiger partial charge in [0.25, 0.3) is 5.56 Å². The normalized spacial score (nSPS) is 9.44.